The third-order valence-electron chi connectivity index (χ3n) is 5.74. The van der Waals surface area contributed by atoms with Gasteiger partial charge in [0.1, 0.15) is 0 Å². The van der Waals surface area contributed by atoms with Gasteiger partial charge in [0.05, 0.1) is 4.90 Å². The second-order valence-electron chi connectivity index (χ2n) is 8.36. The number of benzene rings is 2. The molecule has 0 aromatic heterocycles. The highest BCUT2D eigenvalue weighted by Crippen LogP contribution is 2.53. The summed E-state index contributed by atoms with van der Waals surface area (Å²) in [6, 6.07) is 17.5. The van der Waals surface area contributed by atoms with Crippen LogP contribution in [-0.2, 0) is 10.0 Å². The topological polar surface area (TPSA) is 37.4 Å². The number of fused-ring (bicyclic) bond motifs is 2. The summed E-state index contributed by atoms with van der Waals surface area (Å²) in [7, 11) is -3.51. The largest absolute Gasteiger partial charge is 0.243 e. The molecule has 2 aromatic rings. The van der Waals surface area contributed by atoms with Crippen LogP contribution in [0.5, 0.6) is 0 Å². The van der Waals surface area contributed by atoms with Crippen LogP contribution < -0.4 is 0 Å². The SMILES string of the molecule is Cc1ccc(S(=O)(=O)N2C[C@]3(C)C=C(c4ccccc4)C[C@@]2(C)C3)cc1. The van der Waals surface area contributed by atoms with Crippen molar-refractivity contribution in [3.05, 3.63) is 71.8 Å². The van der Waals surface area contributed by atoms with Gasteiger partial charge in [-0.1, -0.05) is 61.0 Å². The molecule has 2 aliphatic rings. The lowest BCUT2D eigenvalue weighted by Gasteiger charge is -2.37. The van der Waals surface area contributed by atoms with Crippen LogP contribution in [-0.4, -0.2) is 24.8 Å². The van der Waals surface area contributed by atoms with E-state index in [0.29, 0.717) is 11.4 Å². The first kappa shape index (κ1) is 17.5. The maximum atomic E-state index is 13.4. The molecule has 1 fully saturated rings. The van der Waals surface area contributed by atoms with E-state index in [1.54, 1.807) is 16.4 Å². The Morgan fingerprint density at radius 3 is 2.27 bits per heavy atom. The van der Waals surface area contributed by atoms with Gasteiger partial charge in [-0.2, -0.15) is 4.31 Å². The molecule has 1 aliphatic carbocycles. The van der Waals surface area contributed by atoms with E-state index in [0.717, 1.165) is 18.4 Å². The van der Waals surface area contributed by atoms with Crippen molar-refractivity contribution in [2.45, 2.75) is 44.0 Å². The van der Waals surface area contributed by atoms with E-state index in [1.807, 2.05) is 37.3 Å². The van der Waals surface area contributed by atoms with Crippen LogP contribution in [0.15, 0.2) is 65.6 Å². The highest BCUT2D eigenvalue weighted by molar-refractivity contribution is 7.89. The fraction of sp³-hybridized carbons (Fsp3) is 0.364. The maximum Gasteiger partial charge on any atom is 0.243 e. The lowest BCUT2D eigenvalue weighted by atomic mass is 9.72. The smallest absolute Gasteiger partial charge is 0.207 e. The minimum absolute atomic E-state index is 0.129. The fourth-order valence-electron chi connectivity index (χ4n) is 4.71. The molecule has 1 heterocycles. The summed E-state index contributed by atoms with van der Waals surface area (Å²) in [5.41, 5.74) is 2.99. The molecule has 2 aromatic carbocycles. The van der Waals surface area contributed by atoms with Crippen molar-refractivity contribution < 1.29 is 8.42 Å². The number of nitrogens with zero attached hydrogens (tertiary/aromatic N) is 1. The van der Waals surface area contributed by atoms with Crippen molar-refractivity contribution in [2.24, 2.45) is 5.41 Å². The van der Waals surface area contributed by atoms with E-state index >= 15 is 0 Å². The second-order valence-corrected chi connectivity index (χ2v) is 10.2. The molecule has 0 amide bonds. The molecule has 1 aliphatic heterocycles. The second kappa shape index (κ2) is 5.80. The lowest BCUT2D eigenvalue weighted by molar-refractivity contribution is 0.269. The molecule has 136 valence electrons. The molecule has 0 radical (unpaired) electrons. The molecule has 0 N–H and O–H groups in total. The van der Waals surface area contributed by atoms with Gasteiger partial charge < -0.3 is 0 Å². The Morgan fingerprint density at radius 2 is 1.62 bits per heavy atom. The number of rotatable bonds is 3. The van der Waals surface area contributed by atoms with Gasteiger partial charge in [0, 0.05) is 17.5 Å². The normalized spacial score (nSPS) is 28.8. The predicted octanol–water partition coefficient (Wildman–Crippen LogP) is 4.64. The van der Waals surface area contributed by atoms with Crippen molar-refractivity contribution >= 4 is 15.6 Å². The first-order valence-corrected chi connectivity index (χ1v) is 10.5. The van der Waals surface area contributed by atoms with Crippen molar-refractivity contribution in [1.82, 2.24) is 4.31 Å². The molecular weight excluding hydrogens is 342 g/mol. The van der Waals surface area contributed by atoms with Crippen LogP contribution in [0.2, 0.25) is 0 Å². The Balaban J connectivity index is 1.73. The molecular formula is C22H25NO2S. The summed E-state index contributed by atoms with van der Waals surface area (Å²) in [5.74, 6) is 0. The summed E-state index contributed by atoms with van der Waals surface area (Å²) in [6.07, 6.45) is 3.91. The Morgan fingerprint density at radius 1 is 0.962 bits per heavy atom. The standard InChI is InChI=1S/C22H25NO2S/c1-17-9-11-20(12-10-17)26(24,25)23-16-21(2)13-19(14-22(23,3)15-21)18-7-5-4-6-8-18/h4-13H,14-16H2,1-3H3/t21-,22+/m1/s1. The van der Waals surface area contributed by atoms with Gasteiger partial charge in [0.2, 0.25) is 10.0 Å². The number of aryl methyl sites for hydroxylation is 1. The van der Waals surface area contributed by atoms with Gasteiger partial charge in [0.15, 0.2) is 0 Å². The predicted molar refractivity (Wildman–Crippen MR) is 105 cm³/mol. The quantitative estimate of drug-likeness (QED) is 0.792. The number of hydrogen-bond donors (Lipinski definition) is 0. The number of sulfonamides is 1. The maximum absolute atomic E-state index is 13.4. The van der Waals surface area contributed by atoms with E-state index in [4.69, 9.17) is 0 Å². The average molecular weight is 368 g/mol. The summed E-state index contributed by atoms with van der Waals surface area (Å²) >= 11 is 0. The summed E-state index contributed by atoms with van der Waals surface area (Å²) in [5, 5.41) is 0. The van der Waals surface area contributed by atoms with Crippen LogP contribution in [0.3, 0.4) is 0 Å². The summed E-state index contributed by atoms with van der Waals surface area (Å²) in [6.45, 7) is 6.78. The van der Waals surface area contributed by atoms with Crippen LogP contribution in [0, 0.1) is 12.3 Å². The monoisotopic (exact) mass is 367 g/mol. The molecule has 26 heavy (non-hydrogen) atoms. The Hall–Kier alpha value is -1.91. The van der Waals surface area contributed by atoms with E-state index in [-0.39, 0.29) is 5.41 Å². The Labute approximate surface area is 156 Å². The van der Waals surface area contributed by atoms with Crippen LogP contribution in [0.1, 0.15) is 37.8 Å². The van der Waals surface area contributed by atoms with Gasteiger partial charge in [-0.25, -0.2) is 8.42 Å². The van der Waals surface area contributed by atoms with Gasteiger partial charge in [-0.3, -0.25) is 0 Å². The summed E-state index contributed by atoms with van der Waals surface area (Å²) in [4.78, 5) is 0.390. The molecule has 4 heteroatoms. The first-order valence-electron chi connectivity index (χ1n) is 9.09. The lowest BCUT2D eigenvalue weighted by Crippen LogP contribution is -2.45. The third-order valence-corrected chi connectivity index (χ3v) is 7.76. The number of hydrogen-bond acceptors (Lipinski definition) is 2. The highest BCUT2D eigenvalue weighted by Gasteiger charge is 2.55. The zero-order chi connectivity index (χ0) is 18.6. The van der Waals surface area contributed by atoms with Crippen LogP contribution >= 0.6 is 0 Å². The third kappa shape index (κ3) is 2.81. The molecule has 0 unspecified atom stereocenters. The van der Waals surface area contributed by atoms with Gasteiger partial charge in [-0.05, 0) is 50.0 Å². The van der Waals surface area contributed by atoms with E-state index < -0.39 is 15.6 Å². The van der Waals surface area contributed by atoms with Crippen molar-refractivity contribution in [3.8, 4) is 0 Å². The van der Waals surface area contributed by atoms with E-state index in [9.17, 15) is 8.42 Å². The first-order chi connectivity index (χ1) is 12.2. The highest BCUT2D eigenvalue weighted by atomic mass is 32.2. The average Bonchev–Trinajstić information content (AvgIpc) is 2.80. The fourth-order valence-corrected chi connectivity index (χ4v) is 6.62. The Kier molecular flexibility index (Phi) is 3.90. The van der Waals surface area contributed by atoms with Crippen molar-refractivity contribution in [3.63, 3.8) is 0 Å². The van der Waals surface area contributed by atoms with Crippen LogP contribution in [0.4, 0.5) is 0 Å². The van der Waals surface area contributed by atoms with E-state index in [1.165, 1.54) is 11.1 Å². The molecule has 2 bridgehead atoms. The summed E-state index contributed by atoms with van der Waals surface area (Å²) < 4.78 is 28.5. The van der Waals surface area contributed by atoms with Gasteiger partial charge in [0.25, 0.3) is 0 Å². The zero-order valence-corrected chi connectivity index (χ0v) is 16.4. The van der Waals surface area contributed by atoms with Crippen molar-refractivity contribution in [2.75, 3.05) is 6.54 Å². The minimum atomic E-state index is -3.51. The molecule has 3 nitrogen and oxygen atoms in total. The van der Waals surface area contributed by atoms with Gasteiger partial charge >= 0.3 is 0 Å². The van der Waals surface area contributed by atoms with Crippen LogP contribution in [0.25, 0.3) is 5.57 Å². The van der Waals surface area contributed by atoms with E-state index in [2.05, 4.69) is 32.1 Å². The molecule has 0 spiro atoms. The molecule has 2 atom stereocenters. The Bertz CT molecular complexity index is 963. The molecule has 0 saturated carbocycles. The minimum Gasteiger partial charge on any atom is -0.207 e. The zero-order valence-electron chi connectivity index (χ0n) is 15.6. The van der Waals surface area contributed by atoms with Crippen molar-refractivity contribution in [1.29, 1.82) is 0 Å². The molecule has 1 saturated heterocycles. The van der Waals surface area contributed by atoms with Gasteiger partial charge in [-0.15, -0.1) is 0 Å². The molecule has 4 rings (SSSR count).